The summed E-state index contributed by atoms with van der Waals surface area (Å²) in [6.45, 7) is 9.83. The lowest BCUT2D eigenvalue weighted by molar-refractivity contribution is 0.222. The molecule has 1 aliphatic rings. The minimum atomic E-state index is 0.0469. The van der Waals surface area contributed by atoms with E-state index in [4.69, 9.17) is 4.74 Å². The molecule has 1 aromatic heterocycles. The van der Waals surface area contributed by atoms with E-state index in [9.17, 15) is 0 Å². The Kier molecular flexibility index (Phi) is 4.07. The fourth-order valence-corrected chi connectivity index (χ4v) is 1.62. The van der Waals surface area contributed by atoms with Gasteiger partial charge in [0.15, 0.2) is 0 Å². The van der Waals surface area contributed by atoms with Crippen LogP contribution in [0.1, 0.15) is 40.5 Å². The van der Waals surface area contributed by atoms with Crippen LogP contribution in [0.2, 0.25) is 0 Å². The lowest BCUT2D eigenvalue weighted by atomic mass is 10.1. The van der Waals surface area contributed by atoms with Crippen LogP contribution in [0, 0.1) is 5.41 Å². The van der Waals surface area contributed by atoms with Crippen LogP contribution in [0.3, 0.4) is 0 Å². The second-order valence-corrected chi connectivity index (χ2v) is 5.63. The summed E-state index contributed by atoms with van der Waals surface area (Å²) in [5.74, 6) is 1.13. The molecule has 1 aliphatic carbocycles. The Hall–Kier alpha value is -1.59. The highest BCUT2D eigenvalue weighted by Crippen LogP contribution is 2.44. The minimum Gasteiger partial charge on any atom is -0.461 e. The van der Waals surface area contributed by atoms with Crippen LogP contribution in [0.25, 0.3) is 0 Å². The molecule has 6 heteroatoms. The highest BCUT2D eigenvalue weighted by Gasteiger charge is 2.37. The molecule has 0 saturated heterocycles. The van der Waals surface area contributed by atoms with Crippen molar-refractivity contribution >= 4 is 11.9 Å². The average molecular weight is 265 g/mol. The second kappa shape index (κ2) is 5.59. The first-order valence-electron chi connectivity index (χ1n) is 6.91. The van der Waals surface area contributed by atoms with Crippen molar-refractivity contribution in [2.45, 2.75) is 46.6 Å². The van der Waals surface area contributed by atoms with Crippen LogP contribution in [-0.2, 0) is 0 Å². The molecule has 106 valence electrons. The highest BCUT2D eigenvalue weighted by atomic mass is 16.5. The van der Waals surface area contributed by atoms with E-state index in [0.717, 1.165) is 13.1 Å². The van der Waals surface area contributed by atoms with Crippen LogP contribution < -0.4 is 15.4 Å². The van der Waals surface area contributed by atoms with Gasteiger partial charge in [0.1, 0.15) is 0 Å². The van der Waals surface area contributed by atoms with E-state index in [-0.39, 0.29) is 6.10 Å². The van der Waals surface area contributed by atoms with Gasteiger partial charge < -0.3 is 15.4 Å². The van der Waals surface area contributed by atoms with Crippen LogP contribution in [0.5, 0.6) is 6.01 Å². The SMILES string of the molecule is CCNc1nc(NCC2(C)CC2)nc(OC(C)C)n1. The van der Waals surface area contributed by atoms with Gasteiger partial charge >= 0.3 is 6.01 Å². The molecule has 0 atom stereocenters. The summed E-state index contributed by atoms with van der Waals surface area (Å²) in [7, 11) is 0. The zero-order chi connectivity index (χ0) is 13.9. The average Bonchev–Trinajstić information content (AvgIpc) is 3.05. The molecule has 1 saturated carbocycles. The summed E-state index contributed by atoms with van der Waals surface area (Å²) in [5, 5.41) is 6.37. The van der Waals surface area contributed by atoms with Crippen LogP contribution >= 0.6 is 0 Å². The van der Waals surface area contributed by atoms with E-state index in [2.05, 4.69) is 32.5 Å². The van der Waals surface area contributed by atoms with Gasteiger partial charge in [-0.1, -0.05) is 6.92 Å². The van der Waals surface area contributed by atoms with E-state index >= 15 is 0 Å². The number of hydrogen-bond acceptors (Lipinski definition) is 6. The summed E-state index contributed by atoms with van der Waals surface area (Å²) in [6.07, 6.45) is 2.58. The van der Waals surface area contributed by atoms with Gasteiger partial charge in [0.2, 0.25) is 11.9 Å². The largest absolute Gasteiger partial charge is 0.461 e. The van der Waals surface area contributed by atoms with Gasteiger partial charge in [-0.3, -0.25) is 0 Å². The van der Waals surface area contributed by atoms with Gasteiger partial charge in [-0.05, 0) is 39.0 Å². The van der Waals surface area contributed by atoms with Gasteiger partial charge in [0, 0.05) is 13.1 Å². The Morgan fingerprint density at radius 2 is 1.79 bits per heavy atom. The number of nitrogens with one attached hydrogen (secondary N) is 2. The van der Waals surface area contributed by atoms with Crippen molar-refractivity contribution in [3.05, 3.63) is 0 Å². The molecule has 0 unspecified atom stereocenters. The first-order chi connectivity index (χ1) is 9.00. The predicted octanol–water partition coefficient (Wildman–Crippen LogP) is 2.30. The van der Waals surface area contributed by atoms with Crippen molar-refractivity contribution < 1.29 is 4.74 Å². The maximum atomic E-state index is 5.55. The zero-order valence-corrected chi connectivity index (χ0v) is 12.2. The lowest BCUT2D eigenvalue weighted by Gasteiger charge is -2.13. The number of rotatable bonds is 7. The van der Waals surface area contributed by atoms with Gasteiger partial charge in [-0.15, -0.1) is 0 Å². The monoisotopic (exact) mass is 265 g/mol. The Morgan fingerprint density at radius 3 is 2.32 bits per heavy atom. The molecule has 2 N–H and O–H groups in total. The lowest BCUT2D eigenvalue weighted by Crippen LogP contribution is -2.17. The third-order valence-corrected chi connectivity index (χ3v) is 3.07. The number of aromatic nitrogens is 3. The Bertz CT molecular complexity index is 431. The van der Waals surface area contributed by atoms with E-state index < -0.39 is 0 Å². The van der Waals surface area contributed by atoms with E-state index in [0.29, 0.717) is 23.3 Å². The number of anilines is 2. The summed E-state index contributed by atoms with van der Waals surface area (Å²) >= 11 is 0. The minimum absolute atomic E-state index is 0.0469. The molecule has 0 bridgehead atoms. The van der Waals surface area contributed by atoms with Crippen molar-refractivity contribution in [2.75, 3.05) is 23.7 Å². The predicted molar refractivity (Wildman–Crippen MR) is 75.6 cm³/mol. The molecule has 1 heterocycles. The van der Waals surface area contributed by atoms with Gasteiger partial charge in [0.25, 0.3) is 0 Å². The molecule has 0 amide bonds. The van der Waals surface area contributed by atoms with E-state index in [1.165, 1.54) is 12.8 Å². The molecule has 6 nitrogen and oxygen atoms in total. The first kappa shape index (κ1) is 13.8. The molecule has 1 fully saturated rings. The molecule has 0 aliphatic heterocycles. The van der Waals surface area contributed by atoms with Crippen LogP contribution in [0.15, 0.2) is 0 Å². The highest BCUT2D eigenvalue weighted by molar-refractivity contribution is 5.36. The summed E-state index contributed by atoms with van der Waals surface area (Å²) in [5.41, 5.74) is 0.407. The summed E-state index contributed by atoms with van der Waals surface area (Å²) in [6, 6.07) is 0.365. The molecule has 1 aromatic rings. The van der Waals surface area contributed by atoms with Gasteiger partial charge in [-0.2, -0.15) is 15.0 Å². The number of hydrogen-bond donors (Lipinski definition) is 2. The molecule has 19 heavy (non-hydrogen) atoms. The fourth-order valence-electron chi connectivity index (χ4n) is 1.62. The van der Waals surface area contributed by atoms with Crippen molar-refractivity contribution in [2.24, 2.45) is 5.41 Å². The summed E-state index contributed by atoms with van der Waals surface area (Å²) in [4.78, 5) is 12.9. The molecule has 0 aromatic carbocycles. The zero-order valence-electron chi connectivity index (χ0n) is 12.2. The number of nitrogens with zero attached hydrogens (tertiary/aromatic N) is 3. The Balaban J connectivity index is 2.08. The molecular weight excluding hydrogens is 242 g/mol. The number of ether oxygens (including phenoxy) is 1. The second-order valence-electron chi connectivity index (χ2n) is 5.63. The Labute approximate surface area is 114 Å². The van der Waals surface area contributed by atoms with Crippen molar-refractivity contribution in [3.63, 3.8) is 0 Å². The van der Waals surface area contributed by atoms with E-state index in [1.807, 2.05) is 20.8 Å². The van der Waals surface area contributed by atoms with Gasteiger partial charge in [0.05, 0.1) is 6.10 Å². The van der Waals surface area contributed by atoms with Crippen molar-refractivity contribution in [3.8, 4) is 6.01 Å². The molecule has 0 spiro atoms. The topological polar surface area (TPSA) is 72.0 Å². The van der Waals surface area contributed by atoms with Gasteiger partial charge in [-0.25, -0.2) is 0 Å². The maximum absolute atomic E-state index is 5.55. The summed E-state index contributed by atoms with van der Waals surface area (Å²) < 4.78 is 5.55. The molecule has 2 rings (SSSR count). The normalized spacial score (nSPS) is 16.3. The standard InChI is InChI=1S/C13H23N5O/c1-5-14-10-16-11(15-8-13(4)6-7-13)18-12(17-10)19-9(2)3/h9H,5-8H2,1-4H3,(H2,14,15,16,17,18). The maximum Gasteiger partial charge on any atom is 0.323 e. The molecular formula is C13H23N5O. The Morgan fingerprint density at radius 1 is 1.16 bits per heavy atom. The van der Waals surface area contributed by atoms with Crippen molar-refractivity contribution in [1.29, 1.82) is 0 Å². The molecule has 0 radical (unpaired) electrons. The fraction of sp³-hybridized carbons (Fsp3) is 0.769. The van der Waals surface area contributed by atoms with E-state index in [1.54, 1.807) is 0 Å². The van der Waals surface area contributed by atoms with Crippen LogP contribution in [-0.4, -0.2) is 34.1 Å². The van der Waals surface area contributed by atoms with Crippen molar-refractivity contribution in [1.82, 2.24) is 15.0 Å². The third kappa shape index (κ3) is 4.22. The quantitative estimate of drug-likeness (QED) is 0.788. The third-order valence-electron chi connectivity index (χ3n) is 3.07. The van der Waals surface area contributed by atoms with Crippen LogP contribution in [0.4, 0.5) is 11.9 Å². The first-order valence-corrected chi connectivity index (χ1v) is 6.91. The smallest absolute Gasteiger partial charge is 0.323 e.